The van der Waals surface area contributed by atoms with E-state index in [1.165, 1.54) is 18.5 Å². The van der Waals surface area contributed by atoms with Gasteiger partial charge in [0.1, 0.15) is 11.5 Å². The van der Waals surface area contributed by atoms with Crippen LogP contribution in [0, 0.1) is 0 Å². The molecule has 0 atom stereocenters. The molecule has 1 fully saturated rings. The highest BCUT2D eigenvalue weighted by Gasteiger charge is 2.27. The molecule has 1 aliphatic rings. The van der Waals surface area contributed by atoms with Gasteiger partial charge in [-0.15, -0.1) is 0 Å². The van der Waals surface area contributed by atoms with Gasteiger partial charge in [-0.1, -0.05) is 6.07 Å². The van der Waals surface area contributed by atoms with Gasteiger partial charge in [0, 0.05) is 24.8 Å². The number of benzene rings is 2. The number of hydrogen-bond acceptors (Lipinski definition) is 6. The Kier molecular flexibility index (Phi) is 6.60. The summed E-state index contributed by atoms with van der Waals surface area (Å²) in [6, 6.07) is 11.6. The highest BCUT2D eigenvalue weighted by atomic mass is 32.2. The zero-order valence-corrected chi connectivity index (χ0v) is 17.3. The van der Waals surface area contributed by atoms with E-state index in [-0.39, 0.29) is 17.3 Å². The molecule has 3 rings (SSSR count). The van der Waals surface area contributed by atoms with E-state index in [0.29, 0.717) is 36.0 Å². The minimum absolute atomic E-state index is 0.0341. The molecule has 0 aromatic heterocycles. The van der Waals surface area contributed by atoms with E-state index in [1.807, 2.05) is 0 Å². The monoisotopic (exact) mass is 419 g/mol. The van der Waals surface area contributed by atoms with Gasteiger partial charge in [-0.25, -0.2) is 8.42 Å². The second-order valence-electron chi connectivity index (χ2n) is 6.61. The van der Waals surface area contributed by atoms with Crippen LogP contribution in [0.1, 0.15) is 12.8 Å². The summed E-state index contributed by atoms with van der Waals surface area (Å²) >= 11 is 0. The van der Waals surface area contributed by atoms with E-state index in [1.54, 1.807) is 42.5 Å². The van der Waals surface area contributed by atoms with Gasteiger partial charge in [0.25, 0.3) is 0 Å². The van der Waals surface area contributed by atoms with E-state index in [0.717, 1.165) is 12.8 Å². The summed E-state index contributed by atoms with van der Waals surface area (Å²) in [7, 11) is -0.447. The van der Waals surface area contributed by atoms with Crippen molar-refractivity contribution in [3.63, 3.8) is 0 Å². The third kappa shape index (κ3) is 4.99. The van der Waals surface area contributed by atoms with E-state index < -0.39 is 10.0 Å². The van der Waals surface area contributed by atoms with Gasteiger partial charge in [-0.3, -0.25) is 4.79 Å². The molecule has 2 aromatic carbocycles. The molecule has 0 radical (unpaired) electrons. The number of hydrogen-bond donors (Lipinski definition) is 2. The summed E-state index contributed by atoms with van der Waals surface area (Å²) in [5.74, 6) is 0.802. The molecule has 0 aliphatic carbocycles. The Labute approximate surface area is 170 Å². The highest BCUT2D eigenvalue weighted by Crippen LogP contribution is 2.29. The standard InChI is InChI=1S/C20H25N3O5S/c1-27-16-8-9-19(28-2)18(13-16)22-20(24)14-21-15-6-5-7-17(12-15)29(25,26)23-10-3-4-11-23/h5-9,12-13,21H,3-4,10-11,14H2,1-2H3,(H,22,24). The first-order chi connectivity index (χ1) is 13.9. The maximum atomic E-state index is 12.7. The molecule has 8 nitrogen and oxygen atoms in total. The van der Waals surface area contributed by atoms with Crippen molar-refractivity contribution >= 4 is 27.3 Å². The van der Waals surface area contributed by atoms with Crippen molar-refractivity contribution in [1.82, 2.24) is 4.31 Å². The maximum Gasteiger partial charge on any atom is 0.243 e. The third-order valence-corrected chi connectivity index (χ3v) is 6.57. The van der Waals surface area contributed by atoms with Crippen molar-refractivity contribution in [2.24, 2.45) is 0 Å². The average Bonchev–Trinajstić information content (AvgIpc) is 3.28. The van der Waals surface area contributed by atoms with Crippen LogP contribution >= 0.6 is 0 Å². The van der Waals surface area contributed by atoms with Gasteiger partial charge in [0.2, 0.25) is 15.9 Å². The van der Waals surface area contributed by atoms with Crippen molar-refractivity contribution in [2.45, 2.75) is 17.7 Å². The Morgan fingerprint density at radius 2 is 1.83 bits per heavy atom. The van der Waals surface area contributed by atoms with Crippen molar-refractivity contribution in [3.8, 4) is 11.5 Å². The van der Waals surface area contributed by atoms with Crippen LogP contribution in [-0.4, -0.2) is 52.5 Å². The quantitative estimate of drug-likeness (QED) is 0.683. The van der Waals surface area contributed by atoms with E-state index in [4.69, 9.17) is 9.47 Å². The average molecular weight is 420 g/mol. The van der Waals surface area contributed by atoms with Crippen LogP contribution in [0.25, 0.3) is 0 Å². The maximum absolute atomic E-state index is 12.7. The van der Waals surface area contributed by atoms with Crippen molar-refractivity contribution in [3.05, 3.63) is 42.5 Å². The summed E-state index contributed by atoms with van der Waals surface area (Å²) in [5.41, 5.74) is 1.04. The number of sulfonamides is 1. The molecule has 1 heterocycles. The number of methoxy groups -OCH3 is 2. The Morgan fingerprint density at radius 3 is 2.52 bits per heavy atom. The van der Waals surface area contributed by atoms with Crippen molar-refractivity contribution in [2.75, 3.05) is 44.5 Å². The van der Waals surface area contributed by atoms with Gasteiger partial charge in [-0.05, 0) is 43.2 Å². The molecule has 1 aliphatic heterocycles. The zero-order valence-electron chi connectivity index (χ0n) is 16.5. The first-order valence-corrected chi connectivity index (χ1v) is 10.7. The topological polar surface area (TPSA) is 97.0 Å². The van der Waals surface area contributed by atoms with Crippen LogP contribution in [0.2, 0.25) is 0 Å². The third-order valence-electron chi connectivity index (χ3n) is 4.67. The van der Waals surface area contributed by atoms with Gasteiger partial charge >= 0.3 is 0 Å². The van der Waals surface area contributed by atoms with Crippen LogP contribution in [0.3, 0.4) is 0 Å². The summed E-state index contributed by atoms with van der Waals surface area (Å²) < 4.78 is 37.3. The number of nitrogens with one attached hydrogen (secondary N) is 2. The fourth-order valence-electron chi connectivity index (χ4n) is 3.13. The smallest absolute Gasteiger partial charge is 0.243 e. The molecule has 0 spiro atoms. The molecule has 29 heavy (non-hydrogen) atoms. The summed E-state index contributed by atoms with van der Waals surface area (Å²) in [6.45, 7) is 1.06. The lowest BCUT2D eigenvalue weighted by atomic mass is 10.2. The lowest BCUT2D eigenvalue weighted by Gasteiger charge is -2.16. The molecule has 0 saturated carbocycles. The van der Waals surface area contributed by atoms with Gasteiger partial charge < -0.3 is 20.1 Å². The number of nitrogens with zero attached hydrogens (tertiary/aromatic N) is 1. The minimum Gasteiger partial charge on any atom is -0.497 e. The van der Waals surface area contributed by atoms with Crippen molar-refractivity contribution in [1.29, 1.82) is 0 Å². The van der Waals surface area contributed by atoms with Gasteiger partial charge in [0.05, 0.1) is 31.3 Å². The fourth-order valence-corrected chi connectivity index (χ4v) is 4.70. The number of amides is 1. The Hall–Kier alpha value is -2.78. The van der Waals surface area contributed by atoms with Crippen LogP contribution in [0.4, 0.5) is 11.4 Å². The summed E-state index contributed by atoms with van der Waals surface area (Å²) in [5, 5.41) is 5.73. The molecule has 9 heteroatoms. The number of carbonyl (C=O) groups is 1. The molecule has 156 valence electrons. The second-order valence-corrected chi connectivity index (χ2v) is 8.54. The Morgan fingerprint density at radius 1 is 1.07 bits per heavy atom. The Balaban J connectivity index is 1.65. The van der Waals surface area contributed by atoms with E-state index in [2.05, 4.69) is 10.6 Å². The van der Waals surface area contributed by atoms with Crippen LogP contribution in [-0.2, 0) is 14.8 Å². The molecule has 1 amide bonds. The van der Waals surface area contributed by atoms with Crippen LogP contribution in [0.15, 0.2) is 47.4 Å². The lowest BCUT2D eigenvalue weighted by Crippen LogP contribution is -2.28. The number of rotatable bonds is 8. The molecule has 0 unspecified atom stereocenters. The first kappa shape index (κ1) is 20.9. The second kappa shape index (κ2) is 9.15. The van der Waals surface area contributed by atoms with Crippen LogP contribution in [0.5, 0.6) is 11.5 Å². The highest BCUT2D eigenvalue weighted by molar-refractivity contribution is 7.89. The normalized spacial score (nSPS) is 14.4. The molecule has 1 saturated heterocycles. The van der Waals surface area contributed by atoms with Crippen LogP contribution < -0.4 is 20.1 Å². The fraction of sp³-hybridized carbons (Fsp3) is 0.350. The molecular weight excluding hydrogens is 394 g/mol. The SMILES string of the molecule is COc1ccc(OC)c(NC(=O)CNc2cccc(S(=O)(=O)N3CCCC3)c2)c1. The summed E-state index contributed by atoms with van der Waals surface area (Å²) in [4.78, 5) is 12.6. The largest absolute Gasteiger partial charge is 0.497 e. The predicted octanol–water partition coefficient (Wildman–Crippen LogP) is 2.54. The molecular formula is C20H25N3O5S. The molecule has 2 aromatic rings. The predicted molar refractivity (Wildman–Crippen MR) is 111 cm³/mol. The minimum atomic E-state index is -3.50. The zero-order chi connectivity index (χ0) is 20.9. The van der Waals surface area contributed by atoms with Gasteiger partial charge in [0.15, 0.2) is 0 Å². The summed E-state index contributed by atoms with van der Waals surface area (Å²) in [6.07, 6.45) is 1.76. The number of ether oxygens (including phenoxy) is 2. The molecule has 2 N–H and O–H groups in total. The Bertz CT molecular complexity index is 972. The number of carbonyl (C=O) groups excluding carboxylic acids is 1. The lowest BCUT2D eigenvalue weighted by molar-refractivity contribution is -0.114. The van der Waals surface area contributed by atoms with Gasteiger partial charge in [-0.2, -0.15) is 4.31 Å². The molecule has 0 bridgehead atoms. The first-order valence-electron chi connectivity index (χ1n) is 9.30. The van der Waals surface area contributed by atoms with E-state index >= 15 is 0 Å². The van der Waals surface area contributed by atoms with Crippen molar-refractivity contribution < 1.29 is 22.7 Å². The van der Waals surface area contributed by atoms with E-state index in [9.17, 15) is 13.2 Å². The number of anilines is 2.